The van der Waals surface area contributed by atoms with Gasteiger partial charge in [0.15, 0.2) is 0 Å². The quantitative estimate of drug-likeness (QED) is 0.619. The van der Waals surface area contributed by atoms with Gasteiger partial charge in [-0.1, -0.05) is 0 Å². The van der Waals surface area contributed by atoms with E-state index in [0.29, 0.717) is 0 Å². The van der Waals surface area contributed by atoms with E-state index in [9.17, 15) is 0 Å². The van der Waals surface area contributed by atoms with Crippen LogP contribution in [0.15, 0.2) is 16.7 Å². The zero-order chi connectivity index (χ0) is 6.85. The summed E-state index contributed by atoms with van der Waals surface area (Å²) in [6, 6.07) is 2.09. The van der Waals surface area contributed by atoms with Crippen LogP contribution in [-0.4, -0.2) is 4.98 Å². The average Bonchev–Trinajstić information content (AvgIpc) is 1.80. The van der Waals surface area contributed by atoms with Gasteiger partial charge in [-0.15, -0.1) is 0 Å². The summed E-state index contributed by atoms with van der Waals surface area (Å²) in [5.41, 5.74) is 1.21. The minimum atomic E-state index is 1.11. The summed E-state index contributed by atoms with van der Waals surface area (Å²) in [7, 11) is 0. The number of halogens is 1. The molecule has 0 aliphatic rings. The van der Waals surface area contributed by atoms with Crippen LogP contribution in [0.3, 0.4) is 0 Å². The SMILES string of the molecule is Cc1cn[c]([Zn])c(Br)c1. The molecule has 0 radical (unpaired) electrons. The Hall–Kier alpha value is 0.253. The fraction of sp³-hybridized carbons (Fsp3) is 0.167. The summed E-state index contributed by atoms with van der Waals surface area (Å²) in [5, 5.41) is 0. The van der Waals surface area contributed by atoms with E-state index in [1.807, 2.05) is 13.1 Å². The summed E-state index contributed by atoms with van der Waals surface area (Å²) in [6.45, 7) is 2.04. The van der Waals surface area contributed by atoms with E-state index in [2.05, 4.69) is 27.0 Å². The molecular weight excluding hydrogens is 231 g/mol. The molecule has 0 aliphatic heterocycles. The standard InChI is InChI=1S/C6H5BrN.Zn/c1-5-2-6(7)4-8-3-5;/h2-3H,1H3;. The molecule has 0 spiro atoms. The van der Waals surface area contributed by atoms with Crippen molar-refractivity contribution in [2.75, 3.05) is 0 Å². The predicted octanol–water partition coefficient (Wildman–Crippen LogP) is 1.32. The van der Waals surface area contributed by atoms with E-state index in [-0.39, 0.29) is 0 Å². The summed E-state index contributed by atoms with van der Waals surface area (Å²) in [6.07, 6.45) is 1.89. The van der Waals surface area contributed by atoms with E-state index in [1.54, 1.807) is 0 Å². The summed E-state index contributed by atoms with van der Waals surface area (Å²) < 4.78 is 2.31. The van der Waals surface area contributed by atoms with E-state index in [1.165, 1.54) is 9.85 Å². The van der Waals surface area contributed by atoms with E-state index in [4.69, 9.17) is 0 Å². The first kappa shape index (κ1) is 7.36. The molecule has 1 nitrogen and oxygen atoms in total. The molecule has 0 N–H and O–H groups in total. The zero-order valence-electron chi connectivity index (χ0n) is 5.19. The van der Waals surface area contributed by atoms with Crippen LogP contribution in [0.25, 0.3) is 0 Å². The van der Waals surface area contributed by atoms with Crippen molar-refractivity contribution in [3.8, 4) is 0 Å². The van der Waals surface area contributed by atoms with Gasteiger partial charge in [0, 0.05) is 0 Å². The van der Waals surface area contributed by atoms with Gasteiger partial charge in [0.1, 0.15) is 0 Å². The molecule has 1 rings (SSSR count). The molecule has 0 unspecified atom stereocenters. The molecule has 43 valence electrons. The molecule has 0 atom stereocenters. The zero-order valence-corrected chi connectivity index (χ0v) is 9.74. The maximum atomic E-state index is 4.19. The van der Waals surface area contributed by atoms with Crippen molar-refractivity contribution in [1.82, 2.24) is 4.98 Å². The van der Waals surface area contributed by atoms with Gasteiger partial charge in [-0.3, -0.25) is 0 Å². The average molecular weight is 236 g/mol. The van der Waals surface area contributed by atoms with Crippen LogP contribution in [0.5, 0.6) is 0 Å². The number of rotatable bonds is 0. The third kappa shape index (κ3) is 1.84. The molecule has 1 heterocycles. The van der Waals surface area contributed by atoms with Crippen LogP contribution < -0.4 is 4.29 Å². The molecule has 0 aromatic carbocycles. The van der Waals surface area contributed by atoms with E-state index >= 15 is 0 Å². The van der Waals surface area contributed by atoms with Crippen molar-refractivity contribution in [3.05, 3.63) is 22.3 Å². The first-order valence-electron chi connectivity index (χ1n) is 2.64. The first-order valence-corrected chi connectivity index (χ1v) is 4.92. The number of aryl methyl sites for hydroxylation is 1. The normalized spacial score (nSPS) is 9.78. The Morgan fingerprint density at radius 3 is 2.78 bits per heavy atom. The Labute approximate surface area is 72.7 Å². The number of pyridine rings is 1. The molecule has 3 heteroatoms. The summed E-state index contributed by atoms with van der Waals surface area (Å²) in [5.74, 6) is 0. The summed E-state index contributed by atoms with van der Waals surface area (Å²) >= 11 is 4.53. The van der Waals surface area contributed by atoms with Crippen LogP contribution in [0, 0.1) is 6.92 Å². The Bertz CT molecular complexity index is 224. The Morgan fingerprint density at radius 2 is 2.33 bits per heavy atom. The molecule has 0 saturated heterocycles. The molecule has 0 amide bonds. The molecule has 0 bridgehead atoms. The monoisotopic (exact) mass is 234 g/mol. The van der Waals surface area contributed by atoms with Crippen molar-refractivity contribution in [2.45, 2.75) is 6.92 Å². The van der Waals surface area contributed by atoms with Gasteiger partial charge in [-0.25, -0.2) is 0 Å². The van der Waals surface area contributed by atoms with Gasteiger partial charge in [-0.05, 0) is 0 Å². The second-order valence-corrected chi connectivity index (χ2v) is 4.20. The van der Waals surface area contributed by atoms with Crippen LogP contribution in [0.4, 0.5) is 0 Å². The Morgan fingerprint density at radius 1 is 1.67 bits per heavy atom. The molecule has 0 aliphatic carbocycles. The first-order chi connectivity index (χ1) is 4.20. The Kier molecular flexibility index (Phi) is 2.37. The third-order valence-corrected chi connectivity index (χ3v) is 4.01. The van der Waals surface area contributed by atoms with Crippen molar-refractivity contribution in [1.29, 1.82) is 0 Å². The van der Waals surface area contributed by atoms with Crippen molar-refractivity contribution in [2.24, 2.45) is 0 Å². The number of nitrogens with zero attached hydrogens (tertiary/aromatic N) is 1. The van der Waals surface area contributed by atoms with Crippen molar-refractivity contribution < 1.29 is 18.3 Å². The fourth-order valence-electron chi connectivity index (χ4n) is 0.562. The molecular formula is C6H5BrNZn. The van der Waals surface area contributed by atoms with Crippen LogP contribution in [0.2, 0.25) is 0 Å². The van der Waals surface area contributed by atoms with Gasteiger partial charge in [0.25, 0.3) is 0 Å². The van der Waals surface area contributed by atoms with E-state index in [0.717, 1.165) is 22.8 Å². The Balaban J connectivity index is 3.17. The molecule has 0 fully saturated rings. The second-order valence-electron chi connectivity index (χ2n) is 1.94. The third-order valence-electron chi connectivity index (χ3n) is 1.05. The van der Waals surface area contributed by atoms with Crippen molar-refractivity contribution >= 4 is 20.2 Å². The fourth-order valence-corrected chi connectivity index (χ4v) is 1.43. The van der Waals surface area contributed by atoms with Gasteiger partial charge in [0.05, 0.1) is 0 Å². The number of aromatic nitrogens is 1. The number of hydrogen-bond donors (Lipinski definition) is 0. The van der Waals surface area contributed by atoms with E-state index < -0.39 is 0 Å². The molecule has 1 aromatic rings. The van der Waals surface area contributed by atoms with Gasteiger partial charge >= 0.3 is 72.7 Å². The maximum absolute atomic E-state index is 4.19. The molecule has 1 aromatic heterocycles. The minimum absolute atomic E-state index is 1.11. The van der Waals surface area contributed by atoms with Crippen molar-refractivity contribution in [3.63, 3.8) is 0 Å². The van der Waals surface area contributed by atoms with Crippen LogP contribution in [-0.2, 0) is 18.3 Å². The van der Waals surface area contributed by atoms with Crippen LogP contribution >= 0.6 is 15.9 Å². The van der Waals surface area contributed by atoms with Gasteiger partial charge < -0.3 is 0 Å². The summed E-state index contributed by atoms with van der Waals surface area (Å²) in [4.78, 5) is 4.19. The van der Waals surface area contributed by atoms with Gasteiger partial charge in [-0.2, -0.15) is 0 Å². The predicted molar refractivity (Wildman–Crippen MR) is 36.3 cm³/mol. The van der Waals surface area contributed by atoms with Gasteiger partial charge in [0.2, 0.25) is 0 Å². The number of hydrogen-bond acceptors (Lipinski definition) is 1. The topological polar surface area (TPSA) is 12.9 Å². The molecule has 9 heavy (non-hydrogen) atoms. The van der Waals surface area contributed by atoms with Crippen LogP contribution in [0.1, 0.15) is 5.56 Å². The second kappa shape index (κ2) is 2.89. The molecule has 0 saturated carbocycles.